The van der Waals surface area contributed by atoms with E-state index in [0.717, 1.165) is 45.4 Å². The number of carbonyl (C=O) groups excluding carboxylic acids is 1. The molecule has 172 valence electrons. The highest BCUT2D eigenvalue weighted by Gasteiger charge is 2.44. The van der Waals surface area contributed by atoms with Crippen molar-refractivity contribution in [2.45, 2.75) is 61.5 Å². The maximum Gasteiger partial charge on any atom is 0.306 e. The topological polar surface area (TPSA) is 53.6 Å². The Hall–Kier alpha value is -2.32. The Labute approximate surface area is 191 Å². The molecule has 2 aromatic rings. The molecule has 0 amide bonds. The van der Waals surface area contributed by atoms with Crippen LogP contribution in [0.4, 0.5) is 25.8 Å². The van der Waals surface area contributed by atoms with Crippen molar-refractivity contribution in [1.82, 2.24) is 5.32 Å². The van der Waals surface area contributed by atoms with Crippen LogP contribution in [0.25, 0.3) is 0 Å². The molecule has 2 heterocycles. The summed E-state index contributed by atoms with van der Waals surface area (Å²) in [6.45, 7) is 6.61. The summed E-state index contributed by atoms with van der Waals surface area (Å²) in [6.07, 6.45) is 1.12. The minimum Gasteiger partial charge on any atom is -0.460 e. The maximum absolute atomic E-state index is 13.2. The predicted octanol–water partition coefficient (Wildman–Crippen LogP) is 5.56. The number of alkyl halides is 2. The first kappa shape index (κ1) is 22.9. The standard InChI is InChI=1S/C24H29F2N3O2S/c1-23(2,3)31-22(30)5-4-10-27-13-16-6-8-18-20(11-16)32-21-12-17(7-9-19(21)28-18)29-14-24(25,26)15-29/h6-9,11-12,27-28H,4-5,10,13-15H2,1-3H3. The average molecular weight is 462 g/mol. The van der Waals surface area contributed by atoms with Gasteiger partial charge in [-0.1, -0.05) is 17.8 Å². The van der Waals surface area contributed by atoms with E-state index in [1.54, 1.807) is 16.7 Å². The van der Waals surface area contributed by atoms with Crippen LogP contribution >= 0.6 is 11.8 Å². The van der Waals surface area contributed by atoms with Crippen LogP contribution < -0.4 is 15.5 Å². The molecule has 0 spiro atoms. The molecule has 4 rings (SSSR count). The quantitative estimate of drug-likeness (QED) is 0.355. The third-order valence-corrected chi connectivity index (χ3v) is 6.31. The zero-order valence-electron chi connectivity index (χ0n) is 18.6. The first-order valence-electron chi connectivity index (χ1n) is 10.9. The number of rotatable bonds is 7. The van der Waals surface area contributed by atoms with E-state index in [1.807, 2.05) is 39.0 Å². The molecule has 2 aliphatic rings. The molecule has 0 radical (unpaired) electrons. The fourth-order valence-electron chi connectivity index (χ4n) is 3.70. The van der Waals surface area contributed by atoms with Crippen molar-refractivity contribution in [2.75, 3.05) is 29.9 Å². The lowest BCUT2D eigenvalue weighted by atomic mass is 10.1. The van der Waals surface area contributed by atoms with Crippen molar-refractivity contribution in [3.05, 3.63) is 42.0 Å². The highest BCUT2D eigenvalue weighted by molar-refractivity contribution is 7.99. The summed E-state index contributed by atoms with van der Waals surface area (Å²) in [5.74, 6) is -2.75. The van der Waals surface area contributed by atoms with Crippen LogP contribution in [0.1, 0.15) is 39.2 Å². The van der Waals surface area contributed by atoms with E-state index in [9.17, 15) is 13.6 Å². The van der Waals surface area contributed by atoms with E-state index in [0.29, 0.717) is 13.0 Å². The van der Waals surface area contributed by atoms with Crippen LogP contribution in [0.15, 0.2) is 46.2 Å². The van der Waals surface area contributed by atoms with Crippen LogP contribution in [0.5, 0.6) is 0 Å². The van der Waals surface area contributed by atoms with Gasteiger partial charge >= 0.3 is 5.97 Å². The Kier molecular flexibility index (Phi) is 6.36. The normalized spacial score (nSPS) is 16.5. The number of esters is 1. The summed E-state index contributed by atoms with van der Waals surface area (Å²) < 4.78 is 31.8. The molecule has 2 aromatic carbocycles. The van der Waals surface area contributed by atoms with Crippen LogP contribution in [0.3, 0.4) is 0 Å². The van der Waals surface area contributed by atoms with E-state index >= 15 is 0 Å². The number of nitrogens with one attached hydrogen (secondary N) is 2. The number of nitrogens with zero attached hydrogens (tertiary/aromatic N) is 1. The Morgan fingerprint density at radius 1 is 1.16 bits per heavy atom. The van der Waals surface area contributed by atoms with Crippen molar-refractivity contribution in [3.8, 4) is 0 Å². The Balaban J connectivity index is 1.29. The lowest BCUT2D eigenvalue weighted by molar-refractivity contribution is -0.154. The van der Waals surface area contributed by atoms with Gasteiger partial charge in [-0.05, 0) is 69.6 Å². The summed E-state index contributed by atoms with van der Waals surface area (Å²) in [7, 11) is 0. The van der Waals surface area contributed by atoms with Gasteiger partial charge < -0.3 is 20.3 Å². The molecule has 2 N–H and O–H groups in total. The van der Waals surface area contributed by atoms with Crippen LogP contribution in [0, 0.1) is 0 Å². The van der Waals surface area contributed by atoms with Gasteiger partial charge in [-0.15, -0.1) is 0 Å². The van der Waals surface area contributed by atoms with Gasteiger partial charge in [0.1, 0.15) is 5.60 Å². The van der Waals surface area contributed by atoms with E-state index in [4.69, 9.17) is 4.74 Å². The molecule has 0 atom stereocenters. The second-order valence-corrected chi connectivity index (χ2v) is 10.4. The van der Waals surface area contributed by atoms with Gasteiger partial charge in [-0.3, -0.25) is 4.79 Å². The molecule has 0 unspecified atom stereocenters. The molecular weight excluding hydrogens is 432 g/mol. The van der Waals surface area contributed by atoms with Gasteiger partial charge in [0.25, 0.3) is 5.92 Å². The molecular formula is C24H29F2N3O2S. The van der Waals surface area contributed by atoms with Crippen LogP contribution in [0.2, 0.25) is 0 Å². The number of fused-ring (bicyclic) bond motifs is 2. The van der Waals surface area contributed by atoms with Crippen molar-refractivity contribution in [2.24, 2.45) is 0 Å². The number of carbonyl (C=O) groups is 1. The van der Waals surface area contributed by atoms with Gasteiger partial charge in [0.2, 0.25) is 0 Å². The number of benzene rings is 2. The minimum atomic E-state index is -2.58. The fourth-order valence-corrected chi connectivity index (χ4v) is 4.79. The second kappa shape index (κ2) is 8.90. The van der Waals surface area contributed by atoms with Crippen molar-refractivity contribution in [3.63, 3.8) is 0 Å². The van der Waals surface area contributed by atoms with Gasteiger partial charge in [0.05, 0.1) is 24.5 Å². The third kappa shape index (κ3) is 5.72. The molecule has 0 saturated carbocycles. The van der Waals surface area contributed by atoms with E-state index in [1.165, 1.54) is 0 Å². The van der Waals surface area contributed by atoms with Crippen LogP contribution in [-0.4, -0.2) is 37.1 Å². The lowest BCUT2D eigenvalue weighted by Crippen LogP contribution is -2.56. The summed E-state index contributed by atoms with van der Waals surface area (Å²) in [5, 5.41) is 6.81. The Morgan fingerprint density at radius 2 is 1.84 bits per heavy atom. The molecule has 0 aliphatic carbocycles. The van der Waals surface area contributed by atoms with E-state index < -0.39 is 11.5 Å². The molecule has 1 fully saturated rings. The number of hydrogen-bond acceptors (Lipinski definition) is 6. The SMILES string of the molecule is CC(C)(C)OC(=O)CCCNCc1ccc2c(c1)Sc1cc(N3CC(F)(F)C3)ccc1N2. The minimum absolute atomic E-state index is 0.171. The zero-order chi connectivity index (χ0) is 22.9. The molecule has 8 heteroatoms. The lowest BCUT2D eigenvalue weighted by Gasteiger charge is -2.40. The fraction of sp³-hybridized carbons (Fsp3) is 0.458. The summed E-state index contributed by atoms with van der Waals surface area (Å²) in [6, 6.07) is 12.1. The smallest absolute Gasteiger partial charge is 0.306 e. The molecule has 1 saturated heterocycles. The predicted molar refractivity (Wildman–Crippen MR) is 124 cm³/mol. The zero-order valence-corrected chi connectivity index (χ0v) is 19.5. The Morgan fingerprint density at radius 3 is 2.53 bits per heavy atom. The van der Waals surface area contributed by atoms with Gasteiger partial charge in [0.15, 0.2) is 0 Å². The Bertz CT molecular complexity index is 999. The molecule has 32 heavy (non-hydrogen) atoms. The van der Waals surface area contributed by atoms with Crippen molar-refractivity contribution < 1.29 is 18.3 Å². The van der Waals surface area contributed by atoms with Crippen molar-refractivity contribution in [1.29, 1.82) is 0 Å². The second-order valence-electron chi connectivity index (χ2n) is 9.32. The highest BCUT2D eigenvalue weighted by atomic mass is 32.2. The number of ether oxygens (including phenoxy) is 1. The molecule has 0 bridgehead atoms. The first-order valence-corrected chi connectivity index (χ1v) is 11.7. The summed E-state index contributed by atoms with van der Waals surface area (Å²) in [5.41, 5.74) is 3.57. The maximum atomic E-state index is 13.2. The van der Waals surface area contributed by atoms with E-state index in [-0.39, 0.29) is 19.1 Å². The highest BCUT2D eigenvalue weighted by Crippen LogP contribution is 2.46. The largest absolute Gasteiger partial charge is 0.460 e. The monoisotopic (exact) mass is 461 g/mol. The van der Waals surface area contributed by atoms with Crippen LogP contribution in [-0.2, 0) is 16.1 Å². The first-order chi connectivity index (χ1) is 15.1. The molecule has 0 aromatic heterocycles. The number of halogens is 2. The number of anilines is 3. The van der Waals surface area contributed by atoms with Crippen molar-refractivity contribution >= 4 is 34.8 Å². The number of hydrogen-bond donors (Lipinski definition) is 2. The van der Waals surface area contributed by atoms with Gasteiger partial charge in [0, 0.05) is 28.4 Å². The van der Waals surface area contributed by atoms with E-state index in [2.05, 4.69) is 28.8 Å². The molecule has 2 aliphatic heterocycles. The van der Waals surface area contributed by atoms with Gasteiger partial charge in [-0.2, -0.15) is 0 Å². The van der Waals surface area contributed by atoms with Gasteiger partial charge in [-0.25, -0.2) is 8.78 Å². The molecule has 5 nitrogen and oxygen atoms in total. The average Bonchev–Trinajstić information content (AvgIpc) is 2.68. The summed E-state index contributed by atoms with van der Waals surface area (Å²) >= 11 is 1.65. The summed E-state index contributed by atoms with van der Waals surface area (Å²) in [4.78, 5) is 15.6. The third-order valence-electron chi connectivity index (χ3n) is 5.19.